The largest absolute Gasteiger partial charge is 0.352 e. The molecule has 0 saturated heterocycles. The van der Waals surface area contributed by atoms with Gasteiger partial charge in [-0.05, 0) is 54.3 Å². The molecule has 0 fully saturated rings. The minimum Gasteiger partial charge on any atom is -0.352 e. The molecule has 3 rings (SSSR count). The second-order valence-corrected chi connectivity index (χ2v) is 9.85. The summed E-state index contributed by atoms with van der Waals surface area (Å²) in [6, 6.07) is 21.5. The van der Waals surface area contributed by atoms with E-state index < -0.39 is 6.04 Å². The predicted molar refractivity (Wildman–Crippen MR) is 144 cm³/mol. The van der Waals surface area contributed by atoms with Gasteiger partial charge in [0.1, 0.15) is 6.04 Å². The van der Waals surface area contributed by atoms with Crippen LogP contribution in [-0.4, -0.2) is 28.8 Å². The Morgan fingerprint density at radius 2 is 1.51 bits per heavy atom. The Morgan fingerprint density at radius 1 is 0.857 bits per heavy atom. The third kappa shape index (κ3) is 7.99. The van der Waals surface area contributed by atoms with Crippen LogP contribution in [-0.2, 0) is 29.0 Å². The van der Waals surface area contributed by atoms with Gasteiger partial charge in [-0.1, -0.05) is 90.3 Å². The van der Waals surface area contributed by atoms with Crippen molar-refractivity contribution < 1.29 is 9.59 Å². The highest BCUT2D eigenvalue weighted by Crippen LogP contribution is 2.24. The summed E-state index contributed by atoms with van der Waals surface area (Å²) in [6.07, 6.45) is 1.27. The van der Waals surface area contributed by atoms with Crippen molar-refractivity contribution in [3.05, 3.63) is 105 Å². The molecule has 0 aliphatic heterocycles. The van der Waals surface area contributed by atoms with E-state index in [1.54, 1.807) is 35.2 Å². The molecule has 0 aliphatic rings. The Bertz CT molecular complexity index is 1140. The highest BCUT2D eigenvalue weighted by Gasteiger charge is 2.31. The molecule has 0 saturated carbocycles. The van der Waals surface area contributed by atoms with Crippen molar-refractivity contribution in [3.63, 3.8) is 0 Å². The van der Waals surface area contributed by atoms with Crippen LogP contribution in [0.1, 0.15) is 37.0 Å². The van der Waals surface area contributed by atoms with E-state index >= 15 is 0 Å². The first kappa shape index (κ1) is 27.1. The van der Waals surface area contributed by atoms with E-state index in [4.69, 9.17) is 34.8 Å². The van der Waals surface area contributed by atoms with Crippen LogP contribution >= 0.6 is 34.8 Å². The van der Waals surface area contributed by atoms with Crippen molar-refractivity contribution in [2.75, 3.05) is 0 Å². The number of hydrogen-bond acceptors (Lipinski definition) is 2. The molecule has 1 N–H and O–H groups in total. The van der Waals surface area contributed by atoms with Gasteiger partial charge in [0, 0.05) is 24.0 Å². The van der Waals surface area contributed by atoms with Crippen LogP contribution in [0.5, 0.6) is 0 Å². The van der Waals surface area contributed by atoms with Crippen LogP contribution in [0.25, 0.3) is 0 Å². The van der Waals surface area contributed by atoms with E-state index in [-0.39, 0.29) is 30.8 Å². The van der Waals surface area contributed by atoms with Gasteiger partial charge in [0.2, 0.25) is 11.8 Å². The first-order valence-corrected chi connectivity index (χ1v) is 12.7. The Hall–Kier alpha value is -2.53. The average molecular weight is 532 g/mol. The van der Waals surface area contributed by atoms with Gasteiger partial charge in [0.25, 0.3) is 0 Å². The van der Waals surface area contributed by atoms with Gasteiger partial charge in [0.05, 0.1) is 16.5 Å². The summed E-state index contributed by atoms with van der Waals surface area (Å²) in [5.41, 5.74) is 2.58. The second kappa shape index (κ2) is 13.0. The zero-order valence-corrected chi connectivity index (χ0v) is 22.1. The Morgan fingerprint density at radius 3 is 2.14 bits per heavy atom. The predicted octanol–water partition coefficient (Wildman–Crippen LogP) is 6.74. The van der Waals surface area contributed by atoms with Gasteiger partial charge in [-0.3, -0.25) is 9.59 Å². The van der Waals surface area contributed by atoms with Crippen LogP contribution in [0.4, 0.5) is 0 Å². The van der Waals surface area contributed by atoms with E-state index in [1.807, 2.05) is 56.3 Å². The molecule has 0 bridgehead atoms. The number of halogens is 3. The molecule has 3 aromatic rings. The molecule has 0 radical (unpaired) electrons. The quantitative estimate of drug-likeness (QED) is 0.315. The molecule has 7 heteroatoms. The summed E-state index contributed by atoms with van der Waals surface area (Å²) in [5.74, 6) is -0.363. The normalized spacial score (nSPS) is 12.6. The first-order chi connectivity index (χ1) is 16.8. The highest BCUT2D eigenvalue weighted by atomic mass is 35.5. The Kier molecular flexibility index (Phi) is 10.0. The SMILES string of the molecule is CC[C@@H](C)NC(=O)[C@H](Cc1ccccc1)N(Cc1ccc(Cl)cc1)C(=O)Cc1ccc(Cl)c(Cl)c1. The topological polar surface area (TPSA) is 49.4 Å². The lowest BCUT2D eigenvalue weighted by Crippen LogP contribution is -2.52. The minimum absolute atomic E-state index is 0.0108. The number of amides is 2. The highest BCUT2D eigenvalue weighted by molar-refractivity contribution is 6.42. The fraction of sp³-hybridized carbons (Fsp3) is 0.286. The fourth-order valence-corrected chi connectivity index (χ4v) is 4.15. The van der Waals surface area contributed by atoms with Crippen LogP contribution in [0, 0.1) is 0 Å². The molecule has 184 valence electrons. The maximum atomic E-state index is 13.7. The summed E-state index contributed by atoms with van der Waals surface area (Å²) in [7, 11) is 0. The molecule has 35 heavy (non-hydrogen) atoms. The van der Waals surface area contributed by atoms with Gasteiger partial charge in [-0.2, -0.15) is 0 Å². The zero-order valence-electron chi connectivity index (χ0n) is 19.8. The molecule has 2 amide bonds. The van der Waals surface area contributed by atoms with Gasteiger partial charge in [-0.25, -0.2) is 0 Å². The molecule has 4 nitrogen and oxygen atoms in total. The summed E-state index contributed by atoms with van der Waals surface area (Å²) in [6.45, 7) is 4.24. The fourth-order valence-electron chi connectivity index (χ4n) is 3.71. The van der Waals surface area contributed by atoms with Crippen molar-refractivity contribution in [3.8, 4) is 0 Å². The van der Waals surface area contributed by atoms with Gasteiger partial charge in [0.15, 0.2) is 0 Å². The number of benzene rings is 3. The maximum Gasteiger partial charge on any atom is 0.243 e. The molecule has 3 aromatic carbocycles. The third-order valence-electron chi connectivity index (χ3n) is 5.88. The maximum absolute atomic E-state index is 13.7. The smallest absolute Gasteiger partial charge is 0.243 e. The van der Waals surface area contributed by atoms with Crippen molar-refractivity contribution in [2.45, 2.75) is 51.7 Å². The van der Waals surface area contributed by atoms with E-state index in [1.165, 1.54) is 0 Å². The number of carbonyl (C=O) groups is 2. The zero-order chi connectivity index (χ0) is 25.4. The Labute approximate surface area is 222 Å². The number of rotatable bonds is 10. The lowest BCUT2D eigenvalue weighted by atomic mass is 10.0. The van der Waals surface area contributed by atoms with Crippen LogP contribution in [0.15, 0.2) is 72.8 Å². The molecule has 0 heterocycles. The van der Waals surface area contributed by atoms with E-state index in [0.29, 0.717) is 21.5 Å². The molecular weight excluding hydrogens is 503 g/mol. The third-order valence-corrected chi connectivity index (χ3v) is 6.87. The second-order valence-electron chi connectivity index (χ2n) is 8.60. The summed E-state index contributed by atoms with van der Waals surface area (Å²) < 4.78 is 0. The summed E-state index contributed by atoms with van der Waals surface area (Å²) in [5, 5.41) is 4.49. The van der Waals surface area contributed by atoms with E-state index in [9.17, 15) is 9.59 Å². The first-order valence-electron chi connectivity index (χ1n) is 11.6. The number of hydrogen-bond donors (Lipinski definition) is 1. The van der Waals surface area contributed by atoms with Gasteiger partial charge < -0.3 is 10.2 Å². The van der Waals surface area contributed by atoms with Crippen molar-refractivity contribution in [2.24, 2.45) is 0 Å². The van der Waals surface area contributed by atoms with Crippen LogP contribution in [0.3, 0.4) is 0 Å². The van der Waals surface area contributed by atoms with Gasteiger partial charge >= 0.3 is 0 Å². The van der Waals surface area contributed by atoms with Crippen molar-refractivity contribution >= 4 is 46.6 Å². The van der Waals surface area contributed by atoms with Crippen LogP contribution < -0.4 is 5.32 Å². The van der Waals surface area contributed by atoms with E-state index in [0.717, 1.165) is 23.1 Å². The standard InChI is InChI=1S/C28H29Cl3N2O2/c1-3-19(2)32-28(35)26(16-20-7-5-4-6-8-20)33(18-21-9-12-23(29)13-10-21)27(34)17-22-11-14-24(30)25(31)15-22/h4-15,19,26H,3,16-18H2,1-2H3,(H,32,35)/t19-,26+/m1/s1. The number of carbonyl (C=O) groups excluding carboxylic acids is 2. The molecule has 0 aliphatic carbocycles. The molecule has 0 aromatic heterocycles. The lowest BCUT2D eigenvalue weighted by Gasteiger charge is -2.32. The van der Waals surface area contributed by atoms with Crippen molar-refractivity contribution in [1.82, 2.24) is 10.2 Å². The van der Waals surface area contributed by atoms with Crippen molar-refractivity contribution in [1.29, 1.82) is 0 Å². The number of nitrogens with zero attached hydrogens (tertiary/aromatic N) is 1. The van der Waals surface area contributed by atoms with E-state index in [2.05, 4.69) is 5.32 Å². The number of nitrogens with one attached hydrogen (secondary N) is 1. The molecule has 0 spiro atoms. The van der Waals surface area contributed by atoms with Gasteiger partial charge in [-0.15, -0.1) is 0 Å². The summed E-state index contributed by atoms with van der Waals surface area (Å²) >= 11 is 18.3. The monoisotopic (exact) mass is 530 g/mol. The lowest BCUT2D eigenvalue weighted by molar-refractivity contribution is -0.141. The molecule has 0 unspecified atom stereocenters. The average Bonchev–Trinajstić information content (AvgIpc) is 2.85. The Balaban J connectivity index is 1.97. The minimum atomic E-state index is -0.697. The molecular formula is C28H29Cl3N2O2. The molecule has 2 atom stereocenters. The summed E-state index contributed by atoms with van der Waals surface area (Å²) in [4.78, 5) is 28.9. The van der Waals surface area contributed by atoms with Crippen LogP contribution in [0.2, 0.25) is 15.1 Å².